The van der Waals surface area contributed by atoms with E-state index in [1.165, 1.54) is 4.90 Å². The van der Waals surface area contributed by atoms with E-state index in [0.717, 1.165) is 48.5 Å². The second kappa shape index (κ2) is 9.85. The summed E-state index contributed by atoms with van der Waals surface area (Å²) in [6.45, 7) is 4.22. The van der Waals surface area contributed by atoms with Gasteiger partial charge in [0.25, 0.3) is 5.91 Å². The normalized spacial score (nSPS) is 18.0. The Hall–Kier alpha value is -2.68. The molecule has 176 valence electrons. The molecular weight excluding hydrogens is 414 g/mol. The maximum absolute atomic E-state index is 13.0. The Morgan fingerprint density at radius 3 is 2.47 bits per heavy atom. The molecule has 9 heteroatoms. The van der Waals surface area contributed by atoms with Crippen molar-refractivity contribution in [1.29, 1.82) is 0 Å². The van der Waals surface area contributed by atoms with Gasteiger partial charge in [0.2, 0.25) is 5.78 Å². The van der Waals surface area contributed by atoms with Gasteiger partial charge in [-0.25, -0.2) is 4.79 Å². The largest absolute Gasteiger partial charge is 0.456 e. The van der Waals surface area contributed by atoms with Crippen LogP contribution in [0, 0.1) is 13.8 Å². The summed E-state index contributed by atoms with van der Waals surface area (Å²) >= 11 is 0. The van der Waals surface area contributed by atoms with Crippen molar-refractivity contribution in [1.82, 2.24) is 14.4 Å². The van der Waals surface area contributed by atoms with Crippen LogP contribution < -0.4 is 0 Å². The highest BCUT2D eigenvalue weighted by atomic mass is 16.5. The predicted molar refractivity (Wildman–Crippen MR) is 116 cm³/mol. The average molecular weight is 448 g/mol. The number of rotatable bonds is 9. The molecule has 1 aliphatic heterocycles. The smallest absolute Gasteiger partial charge is 0.327 e. The number of imide groups is 1. The molecule has 0 unspecified atom stereocenters. The van der Waals surface area contributed by atoms with Crippen molar-refractivity contribution in [3.63, 3.8) is 0 Å². The van der Waals surface area contributed by atoms with E-state index in [-0.39, 0.29) is 11.7 Å². The summed E-state index contributed by atoms with van der Waals surface area (Å²) in [6.07, 6.45) is 4.83. The van der Waals surface area contributed by atoms with Gasteiger partial charge in [-0.2, -0.15) is 0 Å². The van der Waals surface area contributed by atoms with Crippen LogP contribution in [0.3, 0.4) is 0 Å². The Bertz CT molecular complexity index is 900. The molecule has 0 radical (unpaired) electrons. The molecule has 0 aromatic carbocycles. The molecule has 2 fully saturated rings. The Balaban J connectivity index is 1.58. The van der Waals surface area contributed by atoms with Crippen molar-refractivity contribution in [3.8, 4) is 0 Å². The van der Waals surface area contributed by atoms with Crippen LogP contribution in [0.25, 0.3) is 0 Å². The van der Waals surface area contributed by atoms with Crippen molar-refractivity contribution in [2.75, 3.05) is 33.9 Å². The molecule has 0 bridgehead atoms. The Labute approximate surface area is 188 Å². The minimum absolute atomic E-state index is 0.315. The highest BCUT2D eigenvalue weighted by Crippen LogP contribution is 2.39. The van der Waals surface area contributed by atoms with Gasteiger partial charge in [0, 0.05) is 44.3 Å². The number of methoxy groups -OCH3 is 1. The quantitative estimate of drug-likeness (QED) is 0.250. The molecular formula is C23H33N3O6. The van der Waals surface area contributed by atoms with Crippen molar-refractivity contribution >= 4 is 23.7 Å². The number of ketones is 1. The zero-order chi connectivity index (χ0) is 23.5. The highest BCUT2D eigenvalue weighted by Gasteiger charge is 2.55. The molecule has 3 rings (SSSR count). The van der Waals surface area contributed by atoms with Gasteiger partial charge in [0.1, 0.15) is 12.1 Å². The number of likely N-dealkylation sites (N-methyl/N-ethyl adjacent to an activating group) is 1. The number of nitrogens with zero attached hydrogens (tertiary/aromatic N) is 3. The zero-order valence-electron chi connectivity index (χ0n) is 19.4. The summed E-state index contributed by atoms with van der Waals surface area (Å²) in [7, 11) is 3.26. The fraction of sp³-hybridized carbons (Fsp3) is 0.652. The van der Waals surface area contributed by atoms with Gasteiger partial charge >= 0.3 is 12.0 Å². The van der Waals surface area contributed by atoms with Gasteiger partial charge in [0.15, 0.2) is 6.61 Å². The van der Waals surface area contributed by atoms with Crippen LogP contribution in [-0.2, 0) is 25.6 Å². The van der Waals surface area contributed by atoms with E-state index in [0.29, 0.717) is 25.0 Å². The summed E-state index contributed by atoms with van der Waals surface area (Å²) in [5.41, 5.74) is 1.42. The van der Waals surface area contributed by atoms with Crippen LogP contribution in [-0.4, -0.2) is 77.5 Å². The van der Waals surface area contributed by atoms with Crippen molar-refractivity contribution in [3.05, 3.63) is 23.0 Å². The van der Waals surface area contributed by atoms with Gasteiger partial charge in [0.05, 0.1) is 0 Å². The lowest BCUT2D eigenvalue weighted by Gasteiger charge is -2.35. The van der Waals surface area contributed by atoms with Gasteiger partial charge in [-0.05, 0) is 39.2 Å². The predicted octanol–water partition coefficient (Wildman–Crippen LogP) is 2.46. The van der Waals surface area contributed by atoms with Crippen LogP contribution >= 0.6 is 0 Å². The minimum Gasteiger partial charge on any atom is -0.456 e. The number of urea groups is 1. The highest BCUT2D eigenvalue weighted by molar-refractivity contribution is 6.08. The van der Waals surface area contributed by atoms with E-state index < -0.39 is 30.7 Å². The maximum atomic E-state index is 13.0. The third-order valence-electron chi connectivity index (χ3n) is 6.74. The lowest BCUT2D eigenvalue weighted by atomic mass is 9.81. The zero-order valence-corrected chi connectivity index (χ0v) is 19.4. The lowest BCUT2D eigenvalue weighted by molar-refractivity contribution is -0.147. The molecule has 32 heavy (non-hydrogen) atoms. The summed E-state index contributed by atoms with van der Waals surface area (Å²) in [6, 6.07) is 1.30. The van der Waals surface area contributed by atoms with Crippen molar-refractivity contribution in [2.45, 2.75) is 64.5 Å². The third-order valence-corrected chi connectivity index (χ3v) is 6.74. The summed E-state index contributed by atoms with van der Waals surface area (Å²) in [5, 5.41) is 0. The fourth-order valence-electron chi connectivity index (χ4n) is 4.86. The van der Waals surface area contributed by atoms with Gasteiger partial charge < -0.3 is 18.9 Å². The number of esters is 1. The van der Waals surface area contributed by atoms with E-state index in [9.17, 15) is 19.2 Å². The van der Waals surface area contributed by atoms with Crippen LogP contribution in [0.2, 0.25) is 0 Å². The SMILES string of the molecule is COCCCn1c(C)cc(C(=O)COC(=O)CN2C(=O)N(C)C3(CCCCC3)C2=O)c1C. The molecule has 1 saturated carbocycles. The Morgan fingerprint density at radius 2 is 1.81 bits per heavy atom. The standard InChI is InChI=1S/C23H33N3O6/c1-16-13-18(17(2)25(16)11-8-12-31-4)19(27)15-32-20(28)14-26-21(29)23(24(3)22(26)30)9-6-5-7-10-23/h13H,5-12,14-15H2,1-4H3. The number of aromatic nitrogens is 1. The van der Waals surface area contributed by atoms with Crippen LogP contribution in [0.15, 0.2) is 6.07 Å². The van der Waals surface area contributed by atoms with Crippen LogP contribution in [0.4, 0.5) is 4.79 Å². The number of ether oxygens (including phenoxy) is 2. The topological polar surface area (TPSA) is 98.2 Å². The number of carbonyl (C=O) groups excluding carboxylic acids is 4. The molecule has 1 aromatic rings. The lowest BCUT2D eigenvalue weighted by Crippen LogP contribution is -2.49. The van der Waals surface area contributed by atoms with Crippen molar-refractivity contribution in [2.24, 2.45) is 0 Å². The minimum atomic E-state index is -0.841. The summed E-state index contributed by atoms with van der Waals surface area (Å²) in [4.78, 5) is 53.0. The van der Waals surface area contributed by atoms with E-state index in [1.54, 1.807) is 20.2 Å². The van der Waals surface area contributed by atoms with E-state index in [2.05, 4.69) is 0 Å². The number of aryl methyl sites for hydroxylation is 1. The van der Waals surface area contributed by atoms with Crippen LogP contribution in [0.1, 0.15) is 60.3 Å². The van der Waals surface area contributed by atoms with Crippen LogP contribution in [0.5, 0.6) is 0 Å². The second-order valence-corrected chi connectivity index (χ2v) is 8.69. The molecule has 1 aromatic heterocycles. The van der Waals surface area contributed by atoms with Gasteiger partial charge in [-0.15, -0.1) is 0 Å². The van der Waals surface area contributed by atoms with E-state index in [4.69, 9.17) is 9.47 Å². The molecule has 2 heterocycles. The number of carbonyl (C=O) groups is 4. The molecule has 9 nitrogen and oxygen atoms in total. The molecule has 2 aliphatic rings. The van der Waals surface area contributed by atoms with Gasteiger partial charge in [-0.1, -0.05) is 19.3 Å². The molecule has 1 aliphatic carbocycles. The molecule has 0 N–H and O–H groups in total. The van der Waals surface area contributed by atoms with E-state index in [1.807, 2.05) is 18.4 Å². The molecule has 1 saturated heterocycles. The second-order valence-electron chi connectivity index (χ2n) is 8.69. The third kappa shape index (κ3) is 4.44. The fourth-order valence-corrected chi connectivity index (χ4v) is 4.86. The first-order chi connectivity index (χ1) is 15.2. The summed E-state index contributed by atoms with van der Waals surface area (Å²) in [5.74, 6) is -1.42. The number of amides is 3. The first-order valence-corrected chi connectivity index (χ1v) is 11.2. The number of hydrogen-bond donors (Lipinski definition) is 0. The first-order valence-electron chi connectivity index (χ1n) is 11.2. The molecule has 0 atom stereocenters. The molecule has 3 amide bonds. The Morgan fingerprint density at radius 1 is 1.12 bits per heavy atom. The maximum Gasteiger partial charge on any atom is 0.327 e. The van der Waals surface area contributed by atoms with E-state index >= 15 is 0 Å². The monoisotopic (exact) mass is 447 g/mol. The first kappa shape index (κ1) is 24.0. The van der Waals surface area contributed by atoms with Gasteiger partial charge in [-0.3, -0.25) is 19.3 Å². The number of hydrogen-bond acceptors (Lipinski definition) is 6. The summed E-state index contributed by atoms with van der Waals surface area (Å²) < 4.78 is 12.3. The Kier molecular flexibility index (Phi) is 7.38. The molecule has 1 spiro atoms. The average Bonchev–Trinajstić information content (AvgIpc) is 3.15. The van der Waals surface area contributed by atoms with Crippen molar-refractivity contribution < 1.29 is 28.7 Å². The number of Topliss-reactive ketones (excluding diaryl/α,β-unsaturated/α-hetero) is 1.